The summed E-state index contributed by atoms with van der Waals surface area (Å²) < 4.78 is 16.0. The lowest BCUT2D eigenvalue weighted by molar-refractivity contribution is 0.0696. The standard InChI is InChI=1S/C13H18O5S/c1-16-10-7-9(13(14)15)8-11(17-2)12(10)18-5-4-6-19-3/h7-8H,4-6H2,1-3H3,(H,14,15). The highest BCUT2D eigenvalue weighted by Gasteiger charge is 2.17. The number of benzene rings is 1. The summed E-state index contributed by atoms with van der Waals surface area (Å²) in [5.74, 6) is 1.13. The van der Waals surface area contributed by atoms with Gasteiger partial charge in [0.2, 0.25) is 5.75 Å². The molecule has 0 radical (unpaired) electrons. The van der Waals surface area contributed by atoms with Crippen molar-refractivity contribution in [3.63, 3.8) is 0 Å². The molecule has 0 aliphatic heterocycles. The summed E-state index contributed by atoms with van der Waals surface area (Å²) in [6, 6.07) is 2.85. The minimum Gasteiger partial charge on any atom is -0.493 e. The van der Waals surface area contributed by atoms with Crippen molar-refractivity contribution in [2.45, 2.75) is 6.42 Å². The van der Waals surface area contributed by atoms with Gasteiger partial charge in [-0.05, 0) is 30.6 Å². The second kappa shape index (κ2) is 7.78. The van der Waals surface area contributed by atoms with Gasteiger partial charge in [-0.1, -0.05) is 0 Å². The van der Waals surface area contributed by atoms with E-state index in [1.165, 1.54) is 26.4 Å². The van der Waals surface area contributed by atoms with Gasteiger partial charge in [-0.15, -0.1) is 0 Å². The lowest BCUT2D eigenvalue weighted by atomic mass is 10.2. The first-order valence-electron chi connectivity index (χ1n) is 5.75. The first-order chi connectivity index (χ1) is 9.13. The van der Waals surface area contributed by atoms with Crippen molar-refractivity contribution in [3.05, 3.63) is 17.7 Å². The van der Waals surface area contributed by atoms with Crippen molar-refractivity contribution in [1.82, 2.24) is 0 Å². The van der Waals surface area contributed by atoms with E-state index >= 15 is 0 Å². The van der Waals surface area contributed by atoms with E-state index in [2.05, 4.69) is 0 Å². The molecule has 1 N–H and O–H groups in total. The maximum Gasteiger partial charge on any atom is 0.335 e. The molecule has 0 saturated carbocycles. The highest BCUT2D eigenvalue weighted by Crippen LogP contribution is 2.38. The van der Waals surface area contributed by atoms with Crippen molar-refractivity contribution < 1.29 is 24.1 Å². The lowest BCUT2D eigenvalue weighted by Gasteiger charge is -2.15. The van der Waals surface area contributed by atoms with Gasteiger partial charge in [-0.2, -0.15) is 11.8 Å². The summed E-state index contributed by atoms with van der Waals surface area (Å²) in [7, 11) is 2.93. The monoisotopic (exact) mass is 286 g/mol. The Kier molecular flexibility index (Phi) is 6.35. The molecule has 0 fully saturated rings. The summed E-state index contributed by atoms with van der Waals surface area (Å²) in [6.07, 6.45) is 2.93. The number of thioether (sulfide) groups is 1. The van der Waals surface area contributed by atoms with Crippen molar-refractivity contribution >= 4 is 17.7 Å². The fourth-order valence-corrected chi connectivity index (χ4v) is 1.93. The molecule has 0 aromatic heterocycles. The zero-order valence-corrected chi connectivity index (χ0v) is 12.1. The third-order valence-electron chi connectivity index (χ3n) is 2.45. The Balaban J connectivity index is 2.96. The van der Waals surface area contributed by atoms with E-state index in [1.54, 1.807) is 11.8 Å². The summed E-state index contributed by atoms with van der Waals surface area (Å²) in [5, 5.41) is 9.01. The molecule has 0 saturated heterocycles. The third-order valence-corrected chi connectivity index (χ3v) is 3.14. The van der Waals surface area contributed by atoms with Gasteiger partial charge in [0.1, 0.15) is 0 Å². The molecule has 0 atom stereocenters. The minimum absolute atomic E-state index is 0.102. The predicted octanol–water partition coefficient (Wildman–Crippen LogP) is 2.53. The largest absolute Gasteiger partial charge is 0.493 e. The Morgan fingerprint density at radius 3 is 2.26 bits per heavy atom. The van der Waals surface area contributed by atoms with Crippen LogP contribution in [-0.4, -0.2) is 43.9 Å². The molecule has 1 rings (SSSR count). The highest BCUT2D eigenvalue weighted by atomic mass is 32.2. The highest BCUT2D eigenvalue weighted by molar-refractivity contribution is 7.98. The summed E-state index contributed by atoms with van der Waals surface area (Å²) in [5.41, 5.74) is 0.102. The smallest absolute Gasteiger partial charge is 0.335 e. The van der Waals surface area contributed by atoms with Crippen molar-refractivity contribution in [2.75, 3.05) is 32.8 Å². The first kappa shape index (κ1) is 15.5. The van der Waals surface area contributed by atoms with Crippen LogP contribution in [0.3, 0.4) is 0 Å². The van der Waals surface area contributed by atoms with Gasteiger partial charge in [-0.3, -0.25) is 0 Å². The second-order valence-corrected chi connectivity index (χ2v) is 4.70. The second-order valence-electron chi connectivity index (χ2n) is 3.71. The van der Waals surface area contributed by atoms with Crippen LogP contribution >= 0.6 is 11.8 Å². The van der Waals surface area contributed by atoms with Crippen LogP contribution in [0.1, 0.15) is 16.8 Å². The van der Waals surface area contributed by atoms with E-state index in [0.29, 0.717) is 23.9 Å². The van der Waals surface area contributed by atoms with Gasteiger partial charge in [0, 0.05) is 0 Å². The van der Waals surface area contributed by atoms with Gasteiger partial charge < -0.3 is 19.3 Å². The number of hydrogen-bond acceptors (Lipinski definition) is 5. The zero-order valence-electron chi connectivity index (χ0n) is 11.3. The molecule has 6 heteroatoms. The van der Waals surface area contributed by atoms with E-state index in [1.807, 2.05) is 6.26 Å². The maximum absolute atomic E-state index is 11.0. The zero-order chi connectivity index (χ0) is 14.3. The summed E-state index contributed by atoms with van der Waals surface area (Å²) >= 11 is 1.74. The normalized spacial score (nSPS) is 10.1. The van der Waals surface area contributed by atoms with Crippen LogP contribution in [0.25, 0.3) is 0 Å². The van der Waals surface area contributed by atoms with E-state index < -0.39 is 5.97 Å². The lowest BCUT2D eigenvalue weighted by Crippen LogP contribution is -2.05. The van der Waals surface area contributed by atoms with Crippen LogP contribution in [0.4, 0.5) is 0 Å². The predicted molar refractivity (Wildman–Crippen MR) is 75.0 cm³/mol. The molecule has 0 heterocycles. The average molecular weight is 286 g/mol. The molecule has 0 aliphatic rings. The molecule has 1 aromatic carbocycles. The van der Waals surface area contributed by atoms with Crippen molar-refractivity contribution in [1.29, 1.82) is 0 Å². The molecule has 19 heavy (non-hydrogen) atoms. The Morgan fingerprint density at radius 1 is 1.26 bits per heavy atom. The number of carbonyl (C=O) groups is 1. The molecule has 0 spiro atoms. The number of carboxylic acids is 1. The Bertz CT molecular complexity index is 408. The van der Waals surface area contributed by atoms with E-state index in [-0.39, 0.29) is 5.56 Å². The van der Waals surface area contributed by atoms with Gasteiger partial charge >= 0.3 is 5.97 Å². The van der Waals surface area contributed by atoms with Crippen LogP contribution in [0, 0.1) is 0 Å². The third kappa shape index (κ3) is 4.24. The van der Waals surface area contributed by atoms with Gasteiger partial charge in [0.15, 0.2) is 11.5 Å². The number of ether oxygens (including phenoxy) is 3. The Labute approximate surface area is 116 Å². The van der Waals surface area contributed by atoms with Crippen LogP contribution < -0.4 is 14.2 Å². The topological polar surface area (TPSA) is 65.0 Å². The Hall–Kier alpha value is -1.56. The van der Waals surface area contributed by atoms with E-state index in [4.69, 9.17) is 19.3 Å². The SMILES string of the molecule is COc1cc(C(=O)O)cc(OC)c1OCCCSC. The molecule has 0 bridgehead atoms. The molecule has 1 aromatic rings. The molecule has 0 unspecified atom stereocenters. The number of hydrogen-bond donors (Lipinski definition) is 1. The quantitative estimate of drug-likeness (QED) is 0.741. The fraction of sp³-hybridized carbons (Fsp3) is 0.462. The van der Waals surface area contributed by atoms with Crippen LogP contribution in [0.5, 0.6) is 17.2 Å². The fourth-order valence-electron chi connectivity index (χ4n) is 1.52. The van der Waals surface area contributed by atoms with E-state index in [9.17, 15) is 4.79 Å². The molecular formula is C13H18O5S. The molecular weight excluding hydrogens is 268 g/mol. The van der Waals surface area contributed by atoms with Crippen LogP contribution in [-0.2, 0) is 0 Å². The van der Waals surface area contributed by atoms with Crippen LogP contribution in [0.2, 0.25) is 0 Å². The summed E-state index contributed by atoms with van der Waals surface area (Å²) in [4.78, 5) is 11.0. The summed E-state index contributed by atoms with van der Waals surface area (Å²) in [6.45, 7) is 0.528. The number of carboxylic acid groups (broad SMARTS) is 1. The Morgan fingerprint density at radius 2 is 1.84 bits per heavy atom. The average Bonchev–Trinajstić information content (AvgIpc) is 2.42. The van der Waals surface area contributed by atoms with Gasteiger partial charge in [0.05, 0.1) is 26.4 Å². The number of rotatable bonds is 8. The number of aromatic carboxylic acids is 1. The van der Waals surface area contributed by atoms with Crippen LogP contribution in [0.15, 0.2) is 12.1 Å². The van der Waals surface area contributed by atoms with Crippen molar-refractivity contribution in [2.24, 2.45) is 0 Å². The number of methoxy groups -OCH3 is 2. The molecule has 0 amide bonds. The van der Waals surface area contributed by atoms with Gasteiger partial charge in [0.25, 0.3) is 0 Å². The maximum atomic E-state index is 11.0. The molecule has 0 aliphatic carbocycles. The van der Waals surface area contributed by atoms with E-state index in [0.717, 1.165) is 12.2 Å². The first-order valence-corrected chi connectivity index (χ1v) is 7.14. The molecule has 106 valence electrons. The van der Waals surface area contributed by atoms with Crippen molar-refractivity contribution in [3.8, 4) is 17.2 Å². The minimum atomic E-state index is -1.04. The van der Waals surface area contributed by atoms with Gasteiger partial charge in [-0.25, -0.2) is 4.79 Å². The molecule has 5 nitrogen and oxygen atoms in total.